The summed E-state index contributed by atoms with van der Waals surface area (Å²) < 4.78 is 1.25. The maximum Gasteiger partial charge on any atom is 1.00 e. The SMILES string of the molecule is CO/N=C(\C(=O)N[C@@H]1C(=O)N2C(C(=O)O)=C(CSc3nc(=O)c(=O)[nH]n3C)CS[C@H]12)c1csc(N)n1.[H-].[H-].[Na+].[Na+]. The van der Waals surface area contributed by atoms with Gasteiger partial charge in [0.15, 0.2) is 16.0 Å². The average molecular weight is 603 g/mol. The summed E-state index contributed by atoms with van der Waals surface area (Å²) in [5, 5.41) is 19.6. The Morgan fingerprint density at radius 3 is 2.68 bits per heavy atom. The van der Waals surface area contributed by atoms with E-state index in [2.05, 4.69) is 25.5 Å². The normalized spacial score (nSPS) is 18.5. The van der Waals surface area contributed by atoms with Crippen LogP contribution in [0.3, 0.4) is 0 Å². The average Bonchev–Trinajstić information content (AvgIpc) is 3.27. The Kier molecular flexibility index (Phi) is 11.7. The minimum atomic E-state index is -1.31. The number of nitrogens with two attached hydrogens (primary N) is 1. The summed E-state index contributed by atoms with van der Waals surface area (Å²) in [7, 11) is 2.74. The van der Waals surface area contributed by atoms with Gasteiger partial charge in [0, 0.05) is 23.9 Å². The molecule has 2 atom stereocenters. The van der Waals surface area contributed by atoms with Crippen LogP contribution in [0, 0.1) is 0 Å². The molecular weight excluding hydrogens is 582 g/mol. The maximum atomic E-state index is 12.9. The van der Waals surface area contributed by atoms with Gasteiger partial charge in [-0.05, 0) is 5.57 Å². The number of thioether (sulfide) groups is 2. The van der Waals surface area contributed by atoms with E-state index in [0.717, 1.165) is 28.0 Å². The number of hydrogen-bond donors (Lipinski definition) is 4. The molecule has 38 heavy (non-hydrogen) atoms. The zero-order valence-corrected chi connectivity index (χ0v) is 27.0. The molecule has 194 valence electrons. The number of carbonyl (C=O) groups excluding carboxylic acids is 2. The first kappa shape index (κ1) is 32.6. The van der Waals surface area contributed by atoms with Crippen LogP contribution in [0.5, 0.6) is 0 Å². The fraction of sp³-hybridized carbons (Fsp3) is 0.333. The number of β-lactam (4-membered cyclic amide) rings is 1. The minimum absolute atomic E-state index is 0. The molecule has 0 radical (unpaired) electrons. The number of nitrogen functional groups attached to an aromatic ring is 1. The summed E-state index contributed by atoms with van der Waals surface area (Å²) in [5.74, 6) is -2.30. The number of amides is 2. The third-order valence-corrected chi connectivity index (χ3v) is 8.15. The molecular formula is C18H20N8Na2O7S3. The van der Waals surface area contributed by atoms with Crippen LogP contribution in [0.15, 0.2) is 36.6 Å². The van der Waals surface area contributed by atoms with Crippen molar-refractivity contribution in [2.75, 3.05) is 24.3 Å². The van der Waals surface area contributed by atoms with E-state index in [1.54, 1.807) is 0 Å². The maximum absolute atomic E-state index is 12.9. The predicted octanol–water partition coefficient (Wildman–Crippen LogP) is -7.38. The Morgan fingerprint density at radius 2 is 2.08 bits per heavy atom. The molecule has 5 N–H and O–H groups in total. The molecule has 2 aliphatic rings. The van der Waals surface area contributed by atoms with E-state index in [4.69, 9.17) is 10.6 Å². The zero-order chi connectivity index (χ0) is 26.1. The van der Waals surface area contributed by atoms with Gasteiger partial charge in [-0.15, -0.1) is 23.1 Å². The predicted molar refractivity (Wildman–Crippen MR) is 133 cm³/mol. The summed E-state index contributed by atoms with van der Waals surface area (Å²) in [6.45, 7) is 0. The molecule has 2 aliphatic heterocycles. The molecule has 1 fully saturated rings. The van der Waals surface area contributed by atoms with Gasteiger partial charge in [0.2, 0.25) is 0 Å². The molecule has 15 nitrogen and oxygen atoms in total. The topological polar surface area (TPSA) is 215 Å². The van der Waals surface area contributed by atoms with Crippen LogP contribution in [0.1, 0.15) is 8.55 Å². The number of thiazole rings is 1. The molecule has 0 aliphatic carbocycles. The summed E-state index contributed by atoms with van der Waals surface area (Å²) in [4.78, 5) is 74.3. The number of nitrogens with one attached hydrogen (secondary N) is 2. The van der Waals surface area contributed by atoms with Crippen LogP contribution in [-0.4, -0.2) is 83.3 Å². The Hall–Kier alpha value is -1.64. The van der Waals surface area contributed by atoms with Crippen molar-refractivity contribution in [2.45, 2.75) is 16.6 Å². The Labute approximate surface area is 273 Å². The second kappa shape index (κ2) is 13.6. The molecule has 0 spiro atoms. The van der Waals surface area contributed by atoms with Gasteiger partial charge in [-0.2, -0.15) is 4.98 Å². The van der Waals surface area contributed by atoms with Gasteiger partial charge in [0.1, 0.15) is 29.9 Å². The van der Waals surface area contributed by atoms with Gasteiger partial charge in [-0.1, -0.05) is 16.9 Å². The number of hydrogen-bond acceptors (Lipinski definition) is 13. The second-order valence-electron chi connectivity index (χ2n) is 7.30. The van der Waals surface area contributed by atoms with Crippen molar-refractivity contribution in [2.24, 2.45) is 12.2 Å². The molecule has 2 aromatic rings. The molecule has 1 saturated heterocycles. The Morgan fingerprint density at radius 1 is 1.37 bits per heavy atom. The fourth-order valence-corrected chi connectivity index (χ4v) is 6.39. The van der Waals surface area contributed by atoms with Crippen molar-refractivity contribution in [1.82, 2.24) is 30.0 Å². The van der Waals surface area contributed by atoms with E-state index in [-0.39, 0.29) is 101 Å². The summed E-state index contributed by atoms with van der Waals surface area (Å²) in [6.07, 6.45) is 0. The number of aliphatic carboxylic acids is 1. The molecule has 0 unspecified atom stereocenters. The number of carboxylic acids is 1. The number of H-pyrrole nitrogens is 1. The second-order valence-corrected chi connectivity index (χ2v) is 10.2. The first-order valence-electron chi connectivity index (χ1n) is 9.96. The molecule has 2 aromatic heterocycles. The van der Waals surface area contributed by atoms with Crippen molar-refractivity contribution in [1.29, 1.82) is 0 Å². The monoisotopic (exact) mass is 602 g/mol. The van der Waals surface area contributed by atoms with E-state index in [1.807, 2.05) is 0 Å². The summed E-state index contributed by atoms with van der Waals surface area (Å²) >= 11 is 3.41. The molecule has 20 heteroatoms. The van der Waals surface area contributed by atoms with Crippen LogP contribution >= 0.6 is 34.9 Å². The number of fused-ring (bicyclic) bond motifs is 1. The summed E-state index contributed by atoms with van der Waals surface area (Å²) in [5.41, 5.74) is 4.00. The van der Waals surface area contributed by atoms with Crippen molar-refractivity contribution in [3.05, 3.63) is 43.1 Å². The summed E-state index contributed by atoms with van der Waals surface area (Å²) in [6, 6.07) is -0.995. The number of anilines is 1. The van der Waals surface area contributed by atoms with Gasteiger partial charge < -0.3 is 23.8 Å². The smallest absolute Gasteiger partial charge is 1.00 e. The number of nitrogens with zero attached hydrogens (tertiary/aromatic N) is 5. The number of aromatic nitrogens is 4. The number of aryl methyl sites for hydroxylation is 1. The molecule has 2 amide bonds. The van der Waals surface area contributed by atoms with Crippen molar-refractivity contribution in [3.63, 3.8) is 0 Å². The van der Waals surface area contributed by atoms with E-state index >= 15 is 0 Å². The van der Waals surface area contributed by atoms with Crippen LogP contribution in [0.2, 0.25) is 0 Å². The van der Waals surface area contributed by atoms with Gasteiger partial charge >= 0.3 is 76.2 Å². The van der Waals surface area contributed by atoms with E-state index in [1.165, 1.54) is 36.0 Å². The van der Waals surface area contributed by atoms with Gasteiger partial charge in [0.25, 0.3) is 11.8 Å². The molecule has 0 aromatic carbocycles. The number of carbonyl (C=O) groups is 3. The zero-order valence-electron chi connectivity index (χ0n) is 22.6. The Bertz CT molecular complexity index is 1450. The third kappa shape index (κ3) is 6.56. The van der Waals surface area contributed by atoms with Gasteiger partial charge in [-0.25, -0.2) is 9.78 Å². The molecule has 4 rings (SSSR count). The van der Waals surface area contributed by atoms with E-state index < -0.39 is 40.3 Å². The number of aromatic amines is 1. The largest absolute Gasteiger partial charge is 1.00 e. The standard InChI is InChI=1S/C18H18N8O7S3.2Na.2H/c1-25-18(22-12(28)13(29)23-25)36-4-6-3-34-15-9(14(30)26(15)10(6)16(31)32)21-11(27)8(24-33-2)7-5-35-17(19)20-7;;;;/h5,9,15H,3-4H2,1-2H3,(H2,19,20)(H,21,27)(H,23,29)(H,31,32);;;;/q;2*+1;2*-1/b24-8-;;;;/t9-,15-;;;;/m1..../s1. The number of oxime groups is 1. The van der Waals surface area contributed by atoms with Crippen molar-refractivity contribution in [3.8, 4) is 0 Å². The fourth-order valence-electron chi connectivity index (χ4n) is 3.44. The molecule has 0 saturated carbocycles. The van der Waals surface area contributed by atoms with Gasteiger partial charge in [-0.3, -0.25) is 33.9 Å². The molecule has 4 heterocycles. The third-order valence-electron chi connectivity index (χ3n) is 5.02. The van der Waals surface area contributed by atoms with Crippen LogP contribution in [0.25, 0.3) is 0 Å². The first-order chi connectivity index (χ1) is 17.1. The quantitative estimate of drug-likeness (QED) is 0.0554. The molecule has 0 bridgehead atoms. The van der Waals surface area contributed by atoms with Crippen molar-refractivity contribution < 1.29 is 86.3 Å². The van der Waals surface area contributed by atoms with Crippen LogP contribution in [-0.2, 0) is 26.3 Å². The van der Waals surface area contributed by atoms with Crippen LogP contribution in [0.4, 0.5) is 5.13 Å². The number of carboxylic acid groups (broad SMARTS) is 1. The number of rotatable bonds is 8. The Balaban J connectivity index is 0.00000380. The van der Waals surface area contributed by atoms with E-state index in [9.17, 15) is 29.1 Å². The van der Waals surface area contributed by atoms with Crippen LogP contribution < -0.4 is 81.3 Å². The first-order valence-corrected chi connectivity index (χ1v) is 12.9. The van der Waals surface area contributed by atoms with Gasteiger partial charge in [0.05, 0.1) is 0 Å². The van der Waals surface area contributed by atoms with E-state index in [0.29, 0.717) is 5.57 Å². The van der Waals surface area contributed by atoms with Crippen molar-refractivity contribution >= 4 is 63.5 Å². The minimum Gasteiger partial charge on any atom is -1.00 e.